The molecule has 208 valence electrons. The minimum atomic E-state index is -0.528. The summed E-state index contributed by atoms with van der Waals surface area (Å²) in [6.45, 7) is 4.69. The number of amides is 2. The van der Waals surface area contributed by atoms with Gasteiger partial charge in [-0.3, -0.25) is 9.59 Å². The maximum absolute atomic E-state index is 13.4. The van der Waals surface area contributed by atoms with Crippen LogP contribution in [0.15, 0.2) is 83.4 Å². The quantitative estimate of drug-likeness (QED) is 0.231. The van der Waals surface area contributed by atoms with E-state index in [0.29, 0.717) is 18.0 Å². The SMILES string of the molecule is CC(=O)Nc1cccc(C2CCN(CCNC(=O)c3cc4cc(-c5ccc(F)nc5)c5ccccc5c4o3)CC2)c1. The van der Waals surface area contributed by atoms with Crippen molar-refractivity contribution in [1.82, 2.24) is 15.2 Å². The van der Waals surface area contributed by atoms with Crippen LogP contribution in [0, 0.1) is 5.95 Å². The number of nitrogens with zero attached hydrogens (tertiary/aromatic N) is 2. The van der Waals surface area contributed by atoms with Crippen molar-refractivity contribution in [3.63, 3.8) is 0 Å². The summed E-state index contributed by atoms with van der Waals surface area (Å²) in [6.07, 6.45) is 3.57. The molecule has 5 aromatic rings. The number of anilines is 1. The fraction of sp³-hybridized carbons (Fsp3) is 0.242. The van der Waals surface area contributed by atoms with E-state index in [1.807, 2.05) is 42.5 Å². The first-order valence-corrected chi connectivity index (χ1v) is 13.9. The molecule has 2 aromatic heterocycles. The number of fused-ring (bicyclic) bond motifs is 3. The largest absolute Gasteiger partial charge is 0.450 e. The molecule has 0 atom stereocenters. The normalized spacial score (nSPS) is 14.4. The summed E-state index contributed by atoms with van der Waals surface area (Å²) in [5.41, 5.74) is 4.43. The molecule has 0 spiro atoms. The first-order valence-electron chi connectivity index (χ1n) is 13.9. The van der Waals surface area contributed by atoms with Gasteiger partial charge in [-0.05, 0) is 84.8 Å². The number of carbonyl (C=O) groups is 2. The number of carbonyl (C=O) groups excluding carboxylic acids is 2. The van der Waals surface area contributed by atoms with Crippen LogP contribution in [-0.4, -0.2) is 47.9 Å². The molecule has 1 aliphatic heterocycles. The molecular weight excluding hydrogens is 519 g/mol. The van der Waals surface area contributed by atoms with E-state index in [1.54, 1.807) is 12.1 Å². The lowest BCUT2D eigenvalue weighted by Crippen LogP contribution is -2.39. The van der Waals surface area contributed by atoms with E-state index < -0.39 is 5.95 Å². The highest BCUT2D eigenvalue weighted by Crippen LogP contribution is 2.36. The first-order chi connectivity index (χ1) is 19.9. The maximum atomic E-state index is 13.4. The van der Waals surface area contributed by atoms with Crippen molar-refractivity contribution < 1.29 is 18.4 Å². The number of likely N-dealkylation sites (tertiary alicyclic amines) is 1. The zero-order chi connectivity index (χ0) is 28.3. The molecule has 7 nitrogen and oxygen atoms in total. The van der Waals surface area contributed by atoms with E-state index >= 15 is 0 Å². The molecule has 2 amide bonds. The van der Waals surface area contributed by atoms with Gasteiger partial charge in [-0.1, -0.05) is 36.4 Å². The molecule has 2 N–H and O–H groups in total. The van der Waals surface area contributed by atoms with Gasteiger partial charge in [0.15, 0.2) is 5.76 Å². The second-order valence-electron chi connectivity index (χ2n) is 10.5. The molecule has 0 aliphatic carbocycles. The number of benzene rings is 3. The minimum absolute atomic E-state index is 0.0673. The minimum Gasteiger partial charge on any atom is -0.450 e. The van der Waals surface area contributed by atoms with Crippen molar-refractivity contribution in [2.45, 2.75) is 25.7 Å². The van der Waals surface area contributed by atoms with E-state index in [1.165, 1.54) is 24.8 Å². The van der Waals surface area contributed by atoms with Crippen molar-refractivity contribution in [3.8, 4) is 11.1 Å². The van der Waals surface area contributed by atoms with Gasteiger partial charge >= 0.3 is 0 Å². The van der Waals surface area contributed by atoms with Gasteiger partial charge in [0.1, 0.15) is 5.58 Å². The second-order valence-corrected chi connectivity index (χ2v) is 10.5. The number of aromatic nitrogens is 1. The maximum Gasteiger partial charge on any atom is 0.287 e. The summed E-state index contributed by atoms with van der Waals surface area (Å²) in [5, 5.41) is 8.50. The van der Waals surface area contributed by atoms with Crippen LogP contribution in [0.5, 0.6) is 0 Å². The molecule has 41 heavy (non-hydrogen) atoms. The van der Waals surface area contributed by atoms with E-state index in [0.717, 1.165) is 65.4 Å². The zero-order valence-electron chi connectivity index (χ0n) is 22.8. The first kappa shape index (κ1) is 26.7. The van der Waals surface area contributed by atoms with E-state index in [9.17, 15) is 14.0 Å². The summed E-state index contributed by atoms with van der Waals surface area (Å²) < 4.78 is 19.5. The van der Waals surface area contributed by atoms with E-state index in [4.69, 9.17) is 4.42 Å². The Hall–Kier alpha value is -4.56. The van der Waals surface area contributed by atoms with Crippen molar-refractivity contribution in [3.05, 3.63) is 96.3 Å². The monoisotopic (exact) mass is 550 g/mol. The Morgan fingerprint density at radius 2 is 1.80 bits per heavy atom. The third kappa shape index (κ3) is 5.83. The van der Waals surface area contributed by atoms with Crippen molar-refractivity contribution in [2.75, 3.05) is 31.5 Å². The van der Waals surface area contributed by atoms with Gasteiger partial charge in [0.25, 0.3) is 5.91 Å². The van der Waals surface area contributed by atoms with Crippen LogP contribution in [-0.2, 0) is 4.79 Å². The van der Waals surface area contributed by atoms with E-state index in [-0.39, 0.29) is 17.6 Å². The molecular formula is C33H31FN4O3. The Labute approximate surface area is 237 Å². The Morgan fingerprint density at radius 1 is 1.00 bits per heavy atom. The average Bonchev–Trinajstić information content (AvgIpc) is 3.42. The summed E-state index contributed by atoms with van der Waals surface area (Å²) in [4.78, 5) is 30.6. The smallest absolute Gasteiger partial charge is 0.287 e. The average molecular weight is 551 g/mol. The van der Waals surface area contributed by atoms with Gasteiger partial charge in [0, 0.05) is 48.2 Å². The van der Waals surface area contributed by atoms with Crippen molar-refractivity contribution in [1.29, 1.82) is 0 Å². The van der Waals surface area contributed by atoms with Gasteiger partial charge in [0.2, 0.25) is 11.9 Å². The predicted molar refractivity (Wildman–Crippen MR) is 158 cm³/mol. The number of hydrogen-bond acceptors (Lipinski definition) is 5. The highest BCUT2D eigenvalue weighted by atomic mass is 19.1. The van der Waals surface area contributed by atoms with Crippen LogP contribution in [0.3, 0.4) is 0 Å². The Bertz CT molecular complexity index is 1720. The molecule has 3 aromatic carbocycles. The lowest BCUT2D eigenvalue weighted by Gasteiger charge is -2.32. The predicted octanol–water partition coefficient (Wildman–Crippen LogP) is 6.35. The lowest BCUT2D eigenvalue weighted by atomic mass is 9.89. The zero-order valence-corrected chi connectivity index (χ0v) is 22.8. The lowest BCUT2D eigenvalue weighted by molar-refractivity contribution is -0.114. The van der Waals surface area contributed by atoms with Gasteiger partial charge in [0.05, 0.1) is 0 Å². The summed E-state index contributed by atoms with van der Waals surface area (Å²) in [5.74, 6) is -0.130. The Kier molecular flexibility index (Phi) is 7.48. The number of nitrogens with one attached hydrogen (secondary N) is 2. The van der Waals surface area contributed by atoms with Crippen LogP contribution in [0.2, 0.25) is 0 Å². The number of piperidine rings is 1. The van der Waals surface area contributed by atoms with Crippen molar-refractivity contribution in [2.24, 2.45) is 0 Å². The third-order valence-electron chi connectivity index (χ3n) is 7.76. The summed E-state index contributed by atoms with van der Waals surface area (Å²) in [7, 11) is 0. The number of furan rings is 1. The van der Waals surface area contributed by atoms with Gasteiger partial charge in [-0.2, -0.15) is 4.39 Å². The van der Waals surface area contributed by atoms with Crippen LogP contribution in [0.4, 0.5) is 10.1 Å². The van der Waals surface area contributed by atoms with Crippen LogP contribution in [0.25, 0.3) is 32.9 Å². The fourth-order valence-electron chi connectivity index (χ4n) is 5.74. The topological polar surface area (TPSA) is 87.5 Å². The Morgan fingerprint density at radius 3 is 2.56 bits per heavy atom. The highest BCUT2D eigenvalue weighted by molar-refractivity contribution is 6.13. The fourth-order valence-corrected chi connectivity index (χ4v) is 5.74. The molecule has 1 fully saturated rings. The van der Waals surface area contributed by atoms with Crippen LogP contribution in [0.1, 0.15) is 41.8 Å². The molecule has 0 radical (unpaired) electrons. The third-order valence-corrected chi connectivity index (χ3v) is 7.76. The molecule has 6 rings (SSSR count). The van der Waals surface area contributed by atoms with Crippen molar-refractivity contribution >= 4 is 39.2 Å². The van der Waals surface area contributed by atoms with E-state index in [2.05, 4.69) is 32.7 Å². The number of hydrogen-bond donors (Lipinski definition) is 2. The van der Waals surface area contributed by atoms with Gasteiger partial charge in [-0.25, -0.2) is 4.98 Å². The standard InChI is InChI=1S/C33H31FN4O3/c1-21(39)37-26-6-4-5-23(17-26)22-11-14-38(15-12-22)16-13-35-33(40)30-19-25-18-29(24-9-10-31(34)36-20-24)27-7-2-3-8-28(27)32(25)41-30/h2-10,17-20,22H,11-16H2,1H3,(H,35,40)(H,37,39). The van der Waals surface area contributed by atoms with Crippen LogP contribution >= 0.6 is 0 Å². The van der Waals surface area contributed by atoms with Gasteiger partial charge < -0.3 is 20.0 Å². The molecule has 0 bridgehead atoms. The molecule has 0 saturated carbocycles. The molecule has 1 aliphatic rings. The number of rotatable bonds is 7. The summed E-state index contributed by atoms with van der Waals surface area (Å²) >= 11 is 0. The molecule has 8 heteroatoms. The molecule has 0 unspecified atom stereocenters. The number of halogens is 1. The second kappa shape index (κ2) is 11.5. The summed E-state index contributed by atoms with van der Waals surface area (Å²) in [6, 6.07) is 22.7. The van der Waals surface area contributed by atoms with Crippen LogP contribution < -0.4 is 10.6 Å². The number of pyridine rings is 1. The van der Waals surface area contributed by atoms with Gasteiger partial charge in [-0.15, -0.1) is 0 Å². The Balaban J connectivity index is 1.09. The molecule has 3 heterocycles. The highest BCUT2D eigenvalue weighted by Gasteiger charge is 2.22. The molecule has 1 saturated heterocycles.